The maximum absolute atomic E-state index is 11.9. The predicted molar refractivity (Wildman–Crippen MR) is 84.8 cm³/mol. The summed E-state index contributed by atoms with van der Waals surface area (Å²) in [5, 5.41) is 9.42. The van der Waals surface area contributed by atoms with E-state index in [0.29, 0.717) is 9.20 Å². The molecule has 5 heteroatoms. The number of carbonyl (C=O) groups is 1. The van der Waals surface area contributed by atoms with E-state index in [4.69, 9.17) is 0 Å². The van der Waals surface area contributed by atoms with Crippen LogP contribution in [0.3, 0.4) is 0 Å². The molecule has 0 aliphatic heterocycles. The Bertz CT molecular complexity index is 837. The van der Waals surface area contributed by atoms with Crippen molar-refractivity contribution in [3.8, 4) is 5.75 Å². The van der Waals surface area contributed by atoms with Gasteiger partial charge in [-0.2, -0.15) is 0 Å². The number of Topliss-reactive ketones (excluding diaryl/α,β-unsaturated/α-hetero) is 1. The number of aromatic hydroxyl groups is 1. The number of phenolic OH excluding ortho intramolecular Hbond substituents is 1. The number of aromatic amines is 1. The molecule has 0 atom stereocenters. The molecule has 0 amide bonds. The lowest BCUT2D eigenvalue weighted by Crippen LogP contribution is -2.22. The summed E-state index contributed by atoms with van der Waals surface area (Å²) in [6.45, 7) is 5.49. The number of carbonyl (C=O) groups excluding carboxylic acids is 1. The standard InChI is InChI=1S/C16H17NO3S/c1-16(2,3)13(19)9-14-17-15(20)12(21-14)8-10-5-4-6-11(18)7-10/h4-9,18H,1-3H3,(H,17,20). The topological polar surface area (TPSA) is 70.2 Å². The SMILES string of the molecule is CC(C)(C)C(=O)C=c1[nH]c(=O)c(=Cc2cccc(O)c2)s1. The van der Waals surface area contributed by atoms with E-state index in [0.717, 1.165) is 5.56 Å². The largest absolute Gasteiger partial charge is 0.508 e. The Morgan fingerprint density at radius 3 is 2.67 bits per heavy atom. The highest BCUT2D eigenvalue weighted by Gasteiger charge is 2.18. The fourth-order valence-electron chi connectivity index (χ4n) is 1.63. The van der Waals surface area contributed by atoms with E-state index in [9.17, 15) is 14.7 Å². The van der Waals surface area contributed by atoms with Crippen LogP contribution in [0.15, 0.2) is 29.1 Å². The molecule has 2 N–H and O–H groups in total. The van der Waals surface area contributed by atoms with Gasteiger partial charge in [0.2, 0.25) is 0 Å². The van der Waals surface area contributed by atoms with E-state index < -0.39 is 5.41 Å². The van der Waals surface area contributed by atoms with E-state index in [1.54, 1.807) is 30.3 Å². The number of ketones is 1. The minimum absolute atomic E-state index is 0.0381. The highest BCUT2D eigenvalue weighted by Crippen LogP contribution is 2.14. The van der Waals surface area contributed by atoms with Crippen LogP contribution in [0.5, 0.6) is 5.75 Å². The Hall–Kier alpha value is -2.14. The number of hydrogen-bond donors (Lipinski definition) is 2. The monoisotopic (exact) mass is 303 g/mol. The zero-order valence-electron chi connectivity index (χ0n) is 12.1. The van der Waals surface area contributed by atoms with E-state index >= 15 is 0 Å². The second-order valence-electron chi connectivity index (χ2n) is 5.78. The molecule has 0 aliphatic rings. The van der Waals surface area contributed by atoms with Crippen molar-refractivity contribution in [2.24, 2.45) is 5.41 Å². The average Bonchev–Trinajstić information content (AvgIpc) is 2.68. The Kier molecular flexibility index (Phi) is 4.14. The molecule has 1 aromatic heterocycles. The van der Waals surface area contributed by atoms with Gasteiger partial charge in [0.05, 0.1) is 9.20 Å². The van der Waals surface area contributed by atoms with Crippen LogP contribution in [0.1, 0.15) is 26.3 Å². The summed E-state index contributed by atoms with van der Waals surface area (Å²) in [6, 6.07) is 6.64. The molecule has 2 rings (SSSR count). The highest BCUT2D eigenvalue weighted by atomic mass is 32.1. The number of benzene rings is 1. The van der Waals surface area contributed by atoms with Gasteiger partial charge in [-0.3, -0.25) is 9.59 Å². The number of aromatic nitrogens is 1. The third-order valence-corrected chi connectivity index (χ3v) is 3.81. The maximum atomic E-state index is 11.9. The van der Waals surface area contributed by atoms with Crippen LogP contribution >= 0.6 is 11.3 Å². The second-order valence-corrected chi connectivity index (χ2v) is 6.87. The van der Waals surface area contributed by atoms with Crippen molar-refractivity contribution in [2.45, 2.75) is 20.8 Å². The number of H-pyrrole nitrogens is 1. The number of nitrogens with one attached hydrogen (secondary N) is 1. The summed E-state index contributed by atoms with van der Waals surface area (Å²) in [6.07, 6.45) is 3.15. The van der Waals surface area contributed by atoms with Crippen molar-refractivity contribution in [3.05, 3.63) is 49.4 Å². The van der Waals surface area contributed by atoms with E-state index in [-0.39, 0.29) is 17.1 Å². The zero-order valence-corrected chi connectivity index (χ0v) is 13.0. The van der Waals surface area contributed by atoms with Gasteiger partial charge in [0.1, 0.15) is 5.75 Å². The fourth-order valence-corrected chi connectivity index (χ4v) is 2.51. The van der Waals surface area contributed by atoms with Crippen LogP contribution in [0, 0.1) is 5.41 Å². The fraction of sp³-hybridized carbons (Fsp3) is 0.250. The van der Waals surface area contributed by atoms with Crippen molar-refractivity contribution in [1.82, 2.24) is 4.98 Å². The van der Waals surface area contributed by atoms with Crippen LogP contribution in [-0.2, 0) is 4.79 Å². The number of phenols is 1. The molecule has 2 aromatic rings. The normalized spacial score (nSPS) is 13.7. The molecule has 21 heavy (non-hydrogen) atoms. The zero-order chi connectivity index (χ0) is 15.6. The molecule has 0 saturated heterocycles. The quantitative estimate of drug-likeness (QED) is 0.880. The molecule has 1 heterocycles. The Labute approximate surface area is 126 Å². The van der Waals surface area contributed by atoms with Crippen molar-refractivity contribution in [3.63, 3.8) is 0 Å². The predicted octanol–water partition coefficient (Wildman–Crippen LogP) is 1.37. The first-order valence-electron chi connectivity index (χ1n) is 6.52. The van der Waals surface area contributed by atoms with Gasteiger partial charge in [0, 0.05) is 11.5 Å². The molecular weight excluding hydrogens is 286 g/mol. The maximum Gasteiger partial charge on any atom is 0.266 e. The van der Waals surface area contributed by atoms with Gasteiger partial charge < -0.3 is 10.1 Å². The van der Waals surface area contributed by atoms with Gasteiger partial charge in [-0.25, -0.2) is 0 Å². The third-order valence-electron chi connectivity index (χ3n) is 2.85. The first kappa shape index (κ1) is 15.3. The lowest BCUT2D eigenvalue weighted by Gasteiger charge is -2.12. The van der Waals surface area contributed by atoms with Gasteiger partial charge in [-0.15, -0.1) is 11.3 Å². The Morgan fingerprint density at radius 2 is 2.05 bits per heavy atom. The van der Waals surface area contributed by atoms with Crippen LogP contribution in [0.4, 0.5) is 0 Å². The Balaban J connectivity index is 2.48. The third kappa shape index (κ3) is 3.92. The van der Waals surface area contributed by atoms with Crippen LogP contribution < -0.4 is 14.8 Å². The molecule has 0 bridgehead atoms. The van der Waals surface area contributed by atoms with Crippen LogP contribution in [0.25, 0.3) is 12.2 Å². The van der Waals surface area contributed by atoms with Crippen molar-refractivity contribution in [1.29, 1.82) is 0 Å². The number of thiazole rings is 1. The summed E-state index contributed by atoms with van der Waals surface area (Å²) in [5.74, 6) is 0.107. The molecular formula is C16H17NO3S. The van der Waals surface area contributed by atoms with Gasteiger partial charge in [0.15, 0.2) is 5.78 Å². The first-order chi connectivity index (χ1) is 9.75. The van der Waals surface area contributed by atoms with E-state index in [1.807, 2.05) is 20.8 Å². The molecule has 0 radical (unpaired) electrons. The molecule has 4 nitrogen and oxygen atoms in total. The Morgan fingerprint density at radius 1 is 1.33 bits per heavy atom. The highest BCUT2D eigenvalue weighted by molar-refractivity contribution is 7.07. The first-order valence-corrected chi connectivity index (χ1v) is 7.33. The van der Waals surface area contributed by atoms with Crippen LogP contribution in [-0.4, -0.2) is 15.9 Å². The summed E-state index contributed by atoms with van der Waals surface area (Å²) in [4.78, 5) is 26.5. The average molecular weight is 303 g/mol. The van der Waals surface area contributed by atoms with Crippen LogP contribution in [0.2, 0.25) is 0 Å². The summed E-state index contributed by atoms with van der Waals surface area (Å²) in [7, 11) is 0. The molecule has 0 spiro atoms. The summed E-state index contributed by atoms with van der Waals surface area (Å²) >= 11 is 1.22. The van der Waals surface area contributed by atoms with E-state index in [1.165, 1.54) is 17.4 Å². The van der Waals surface area contributed by atoms with Gasteiger partial charge in [0.25, 0.3) is 5.56 Å². The molecule has 110 valence electrons. The van der Waals surface area contributed by atoms with Crippen molar-refractivity contribution in [2.75, 3.05) is 0 Å². The summed E-state index contributed by atoms with van der Waals surface area (Å²) in [5.41, 5.74) is 0.0167. The smallest absolute Gasteiger partial charge is 0.266 e. The number of hydrogen-bond acceptors (Lipinski definition) is 4. The lowest BCUT2D eigenvalue weighted by atomic mass is 9.91. The molecule has 0 saturated carbocycles. The van der Waals surface area contributed by atoms with Crippen molar-refractivity contribution < 1.29 is 9.90 Å². The minimum atomic E-state index is -0.476. The number of rotatable bonds is 2. The van der Waals surface area contributed by atoms with Gasteiger partial charge >= 0.3 is 0 Å². The summed E-state index contributed by atoms with van der Waals surface area (Å²) < 4.78 is 1.03. The molecule has 0 aliphatic carbocycles. The van der Waals surface area contributed by atoms with Crippen molar-refractivity contribution >= 4 is 29.3 Å². The molecule has 1 aromatic carbocycles. The molecule has 0 fully saturated rings. The second kappa shape index (κ2) is 5.69. The minimum Gasteiger partial charge on any atom is -0.508 e. The lowest BCUT2D eigenvalue weighted by molar-refractivity contribution is -0.119. The molecule has 0 unspecified atom stereocenters. The van der Waals surface area contributed by atoms with E-state index in [2.05, 4.69) is 4.98 Å². The van der Waals surface area contributed by atoms with Gasteiger partial charge in [-0.05, 0) is 23.8 Å². The van der Waals surface area contributed by atoms with Gasteiger partial charge in [-0.1, -0.05) is 32.9 Å².